The Bertz CT molecular complexity index is 685. The first kappa shape index (κ1) is 16.0. The van der Waals surface area contributed by atoms with E-state index in [-0.39, 0.29) is 11.4 Å². The minimum Gasteiger partial charge on any atom is -0.379 e. The van der Waals surface area contributed by atoms with E-state index in [0.717, 1.165) is 49.4 Å². The van der Waals surface area contributed by atoms with Crippen molar-refractivity contribution in [3.8, 4) is 0 Å². The number of carbonyl (C=O) groups is 1. The summed E-state index contributed by atoms with van der Waals surface area (Å²) in [6.45, 7) is 4.21. The molecule has 0 saturated carbocycles. The second kappa shape index (κ2) is 6.78. The van der Waals surface area contributed by atoms with E-state index in [4.69, 9.17) is 4.74 Å². The number of hydrogen-bond donors (Lipinski definition) is 2. The van der Waals surface area contributed by atoms with Gasteiger partial charge in [-0.1, -0.05) is 18.2 Å². The standard InChI is InChI=1S/C18H23N3O2S/c22-17(16-11-14-3-1-2-4-15(14)20-16)19-12-18(5-10-24-13-18)21-6-8-23-9-7-21/h1-4,11,20H,5-10,12-13H2,(H,19,22)/t18-/m1/s1. The summed E-state index contributed by atoms with van der Waals surface area (Å²) < 4.78 is 5.49. The number of nitrogens with one attached hydrogen (secondary N) is 2. The third-order valence-electron chi connectivity index (χ3n) is 5.12. The molecule has 1 aromatic heterocycles. The van der Waals surface area contributed by atoms with Gasteiger partial charge in [0.1, 0.15) is 5.69 Å². The topological polar surface area (TPSA) is 57.4 Å². The van der Waals surface area contributed by atoms with Gasteiger partial charge in [-0.25, -0.2) is 0 Å². The van der Waals surface area contributed by atoms with Crippen LogP contribution in [0.15, 0.2) is 30.3 Å². The Hall–Kier alpha value is -1.50. The molecule has 2 aliphatic rings. The first-order valence-electron chi connectivity index (χ1n) is 8.53. The van der Waals surface area contributed by atoms with Crippen molar-refractivity contribution in [3.05, 3.63) is 36.0 Å². The summed E-state index contributed by atoms with van der Waals surface area (Å²) in [6, 6.07) is 9.90. The van der Waals surface area contributed by atoms with Crippen LogP contribution in [-0.4, -0.2) is 65.7 Å². The summed E-state index contributed by atoms with van der Waals surface area (Å²) in [7, 11) is 0. The fourth-order valence-electron chi connectivity index (χ4n) is 3.67. The Morgan fingerprint density at radius 1 is 1.33 bits per heavy atom. The van der Waals surface area contributed by atoms with Crippen molar-refractivity contribution >= 4 is 28.6 Å². The lowest BCUT2D eigenvalue weighted by Gasteiger charge is -2.43. The lowest BCUT2D eigenvalue weighted by Crippen LogP contribution is -2.59. The minimum atomic E-state index is -0.0178. The van der Waals surface area contributed by atoms with Gasteiger partial charge >= 0.3 is 0 Å². The zero-order valence-corrected chi connectivity index (χ0v) is 14.5. The van der Waals surface area contributed by atoms with Crippen LogP contribution in [0.4, 0.5) is 0 Å². The molecule has 3 heterocycles. The number of H-pyrrole nitrogens is 1. The number of fused-ring (bicyclic) bond motifs is 1. The van der Waals surface area contributed by atoms with Crippen LogP contribution in [0.2, 0.25) is 0 Å². The van der Waals surface area contributed by atoms with Gasteiger partial charge in [-0.05, 0) is 24.3 Å². The van der Waals surface area contributed by atoms with E-state index in [0.29, 0.717) is 12.2 Å². The van der Waals surface area contributed by atoms with Gasteiger partial charge < -0.3 is 15.0 Å². The SMILES string of the molecule is O=C(NC[C@]1(N2CCOCC2)CCSC1)c1cc2ccccc2[nH]1. The molecular weight excluding hydrogens is 322 g/mol. The van der Waals surface area contributed by atoms with E-state index in [2.05, 4.69) is 15.2 Å². The zero-order chi connectivity index (χ0) is 16.4. The number of benzene rings is 1. The molecule has 6 heteroatoms. The van der Waals surface area contributed by atoms with E-state index >= 15 is 0 Å². The van der Waals surface area contributed by atoms with Crippen molar-refractivity contribution in [2.75, 3.05) is 44.4 Å². The number of ether oxygens (including phenoxy) is 1. The lowest BCUT2D eigenvalue weighted by atomic mass is 9.95. The van der Waals surface area contributed by atoms with Crippen molar-refractivity contribution < 1.29 is 9.53 Å². The van der Waals surface area contributed by atoms with Crippen molar-refractivity contribution in [1.29, 1.82) is 0 Å². The molecule has 0 radical (unpaired) electrons. The normalized spacial score (nSPS) is 25.2. The number of carbonyl (C=O) groups excluding carboxylic acids is 1. The number of amides is 1. The molecule has 2 fully saturated rings. The van der Waals surface area contributed by atoms with E-state index in [1.165, 1.54) is 5.75 Å². The van der Waals surface area contributed by atoms with Gasteiger partial charge in [0.05, 0.1) is 13.2 Å². The molecule has 0 bridgehead atoms. The highest BCUT2D eigenvalue weighted by molar-refractivity contribution is 7.99. The van der Waals surface area contributed by atoms with E-state index in [1.54, 1.807) is 0 Å². The van der Waals surface area contributed by atoms with Crippen LogP contribution < -0.4 is 5.32 Å². The maximum absolute atomic E-state index is 12.6. The van der Waals surface area contributed by atoms with Crippen LogP contribution in [-0.2, 0) is 4.74 Å². The van der Waals surface area contributed by atoms with Gasteiger partial charge in [0.15, 0.2) is 0 Å². The minimum absolute atomic E-state index is 0.0178. The molecule has 0 aliphatic carbocycles. The van der Waals surface area contributed by atoms with Crippen LogP contribution in [0, 0.1) is 0 Å². The number of thioether (sulfide) groups is 1. The highest BCUT2D eigenvalue weighted by Crippen LogP contribution is 2.33. The van der Waals surface area contributed by atoms with Gasteiger partial charge in [0.2, 0.25) is 0 Å². The van der Waals surface area contributed by atoms with Crippen LogP contribution in [0.25, 0.3) is 10.9 Å². The molecule has 1 amide bonds. The van der Waals surface area contributed by atoms with Crippen LogP contribution in [0.3, 0.4) is 0 Å². The molecule has 1 aromatic carbocycles. The van der Waals surface area contributed by atoms with E-state index in [1.807, 2.05) is 42.1 Å². The highest BCUT2D eigenvalue weighted by atomic mass is 32.2. The molecule has 1 atom stereocenters. The van der Waals surface area contributed by atoms with Gasteiger partial charge in [0.25, 0.3) is 5.91 Å². The third-order valence-corrected chi connectivity index (χ3v) is 6.35. The summed E-state index contributed by atoms with van der Waals surface area (Å²) in [5.74, 6) is 2.23. The van der Waals surface area contributed by atoms with Crippen molar-refractivity contribution in [2.45, 2.75) is 12.0 Å². The molecule has 2 aromatic rings. The first-order valence-corrected chi connectivity index (χ1v) is 9.69. The van der Waals surface area contributed by atoms with Gasteiger partial charge in [-0.2, -0.15) is 11.8 Å². The second-order valence-corrected chi connectivity index (χ2v) is 7.68. The van der Waals surface area contributed by atoms with Crippen LogP contribution >= 0.6 is 11.8 Å². The summed E-state index contributed by atoms with van der Waals surface area (Å²) in [5.41, 5.74) is 1.72. The average molecular weight is 345 g/mol. The van der Waals surface area contributed by atoms with Crippen molar-refractivity contribution in [2.24, 2.45) is 0 Å². The summed E-state index contributed by atoms with van der Waals surface area (Å²) >= 11 is 1.98. The number of morpholine rings is 1. The number of nitrogens with zero attached hydrogens (tertiary/aromatic N) is 1. The Balaban J connectivity index is 1.46. The van der Waals surface area contributed by atoms with Crippen molar-refractivity contribution in [3.63, 3.8) is 0 Å². The molecule has 5 nitrogen and oxygen atoms in total. The highest BCUT2D eigenvalue weighted by Gasteiger charge is 2.40. The molecule has 2 aliphatic heterocycles. The van der Waals surface area contributed by atoms with Gasteiger partial charge in [-0.3, -0.25) is 9.69 Å². The summed E-state index contributed by atoms with van der Waals surface area (Å²) in [4.78, 5) is 18.3. The molecule has 24 heavy (non-hydrogen) atoms. The monoisotopic (exact) mass is 345 g/mol. The molecule has 2 saturated heterocycles. The third kappa shape index (κ3) is 3.06. The number of aromatic amines is 1. The van der Waals surface area contributed by atoms with E-state index in [9.17, 15) is 4.79 Å². The summed E-state index contributed by atoms with van der Waals surface area (Å²) in [6.07, 6.45) is 1.13. The van der Waals surface area contributed by atoms with Crippen LogP contribution in [0.5, 0.6) is 0 Å². The maximum Gasteiger partial charge on any atom is 0.267 e. The molecule has 0 unspecified atom stereocenters. The van der Waals surface area contributed by atoms with Crippen LogP contribution in [0.1, 0.15) is 16.9 Å². The number of para-hydroxylation sites is 1. The molecular formula is C18H23N3O2S. The maximum atomic E-state index is 12.6. The zero-order valence-electron chi connectivity index (χ0n) is 13.7. The molecule has 0 spiro atoms. The lowest BCUT2D eigenvalue weighted by molar-refractivity contribution is -0.0129. The number of hydrogen-bond acceptors (Lipinski definition) is 4. The number of aromatic nitrogens is 1. The Labute approximate surface area is 146 Å². The smallest absolute Gasteiger partial charge is 0.267 e. The Morgan fingerprint density at radius 2 is 2.17 bits per heavy atom. The van der Waals surface area contributed by atoms with E-state index < -0.39 is 0 Å². The fourth-order valence-corrected chi connectivity index (χ4v) is 5.15. The predicted octanol–water partition coefficient (Wildman–Crippen LogP) is 2.11. The number of rotatable bonds is 4. The molecule has 128 valence electrons. The Kier molecular flexibility index (Phi) is 4.52. The predicted molar refractivity (Wildman–Crippen MR) is 97.7 cm³/mol. The quantitative estimate of drug-likeness (QED) is 0.891. The summed E-state index contributed by atoms with van der Waals surface area (Å²) in [5, 5.41) is 4.25. The fraction of sp³-hybridized carbons (Fsp3) is 0.500. The average Bonchev–Trinajstić information content (AvgIpc) is 3.28. The first-order chi connectivity index (χ1) is 11.8. The van der Waals surface area contributed by atoms with Gasteiger partial charge in [0, 0.05) is 41.8 Å². The Morgan fingerprint density at radius 3 is 2.92 bits per heavy atom. The molecule has 2 N–H and O–H groups in total. The molecule has 4 rings (SSSR count). The van der Waals surface area contributed by atoms with Gasteiger partial charge in [-0.15, -0.1) is 0 Å². The largest absolute Gasteiger partial charge is 0.379 e. The second-order valence-electron chi connectivity index (χ2n) is 6.58. The van der Waals surface area contributed by atoms with Crippen molar-refractivity contribution in [1.82, 2.24) is 15.2 Å².